The van der Waals surface area contributed by atoms with Crippen molar-refractivity contribution >= 4 is 35.0 Å². The number of hydrazine groups is 1. The number of carbonyl (C=O) groups is 2. The van der Waals surface area contributed by atoms with Gasteiger partial charge in [-0.3, -0.25) is 4.79 Å². The quantitative estimate of drug-likeness (QED) is 0.903. The average molecular weight is 360 g/mol. The highest BCUT2D eigenvalue weighted by atomic mass is 35.5. The van der Waals surface area contributed by atoms with Gasteiger partial charge in [0.1, 0.15) is 6.67 Å². The predicted octanol–water partition coefficient (Wildman–Crippen LogP) is 3.86. The minimum atomic E-state index is -0.669. The summed E-state index contributed by atoms with van der Waals surface area (Å²) in [5, 5.41) is 1.77. The number of benzene rings is 2. The maximum absolute atomic E-state index is 12.7. The molecule has 0 aromatic heterocycles. The maximum atomic E-state index is 12.7. The number of nitrogens with zero attached hydrogens (tertiary/aromatic N) is 2. The third-order valence-corrected chi connectivity index (χ3v) is 4.09. The highest BCUT2D eigenvalue weighted by molar-refractivity contribution is 6.31. The monoisotopic (exact) mass is 359 g/mol. The van der Waals surface area contributed by atoms with Crippen molar-refractivity contribution in [2.45, 2.75) is 13.8 Å². The van der Waals surface area contributed by atoms with Crippen LogP contribution in [-0.4, -0.2) is 30.3 Å². The van der Waals surface area contributed by atoms with Gasteiger partial charge in [0, 0.05) is 10.7 Å². The summed E-state index contributed by atoms with van der Waals surface area (Å²) < 4.78 is 4.87. The van der Waals surface area contributed by atoms with E-state index in [0.717, 1.165) is 11.3 Å². The molecule has 0 unspecified atom stereocenters. The molecule has 1 N–H and O–H groups in total. The van der Waals surface area contributed by atoms with Crippen LogP contribution in [0.1, 0.15) is 22.8 Å². The fourth-order valence-electron chi connectivity index (χ4n) is 2.64. The Balaban J connectivity index is 2.00. The van der Waals surface area contributed by atoms with E-state index in [1.165, 1.54) is 5.01 Å². The van der Waals surface area contributed by atoms with Gasteiger partial charge < -0.3 is 9.64 Å². The number of aryl methyl sites for hydroxylation is 1. The molecule has 0 fully saturated rings. The number of hydrogen-bond acceptors (Lipinski definition) is 4. The average Bonchev–Trinajstić information content (AvgIpc) is 2.58. The summed E-state index contributed by atoms with van der Waals surface area (Å²) in [6.07, 6.45) is -0.669. The molecule has 0 saturated heterocycles. The highest BCUT2D eigenvalue weighted by Gasteiger charge is 2.31. The van der Waals surface area contributed by atoms with E-state index in [4.69, 9.17) is 16.3 Å². The van der Waals surface area contributed by atoms with Crippen LogP contribution < -0.4 is 10.3 Å². The largest absolute Gasteiger partial charge is 0.449 e. The van der Waals surface area contributed by atoms with E-state index in [9.17, 15) is 9.59 Å². The molecule has 25 heavy (non-hydrogen) atoms. The van der Waals surface area contributed by atoms with E-state index < -0.39 is 6.09 Å². The molecule has 1 heterocycles. The molecule has 0 saturated carbocycles. The molecule has 3 rings (SSSR count). The normalized spacial score (nSPS) is 13.5. The van der Waals surface area contributed by atoms with Gasteiger partial charge in [-0.1, -0.05) is 29.3 Å². The first kappa shape index (κ1) is 17.1. The minimum absolute atomic E-state index is 0.147. The highest BCUT2D eigenvalue weighted by Crippen LogP contribution is 2.35. The van der Waals surface area contributed by atoms with Crippen LogP contribution in [0, 0.1) is 6.92 Å². The van der Waals surface area contributed by atoms with Crippen molar-refractivity contribution in [1.29, 1.82) is 0 Å². The van der Waals surface area contributed by atoms with E-state index in [-0.39, 0.29) is 19.2 Å². The molecule has 2 aromatic carbocycles. The Labute approximate surface area is 150 Å². The topological polar surface area (TPSA) is 61.9 Å². The molecule has 7 heteroatoms. The third-order valence-electron chi connectivity index (χ3n) is 3.86. The first-order valence-electron chi connectivity index (χ1n) is 7.88. The number of anilines is 2. The van der Waals surface area contributed by atoms with Crippen LogP contribution in [-0.2, 0) is 4.74 Å². The van der Waals surface area contributed by atoms with Gasteiger partial charge in [-0.15, -0.1) is 0 Å². The van der Waals surface area contributed by atoms with Gasteiger partial charge in [0.05, 0.1) is 17.9 Å². The second-order valence-corrected chi connectivity index (χ2v) is 6.07. The van der Waals surface area contributed by atoms with Crippen molar-refractivity contribution in [1.82, 2.24) is 10.4 Å². The molecule has 0 atom stereocenters. The molecule has 130 valence electrons. The summed E-state index contributed by atoms with van der Waals surface area (Å²) in [6.45, 7) is 4.08. The number of rotatable bonds is 3. The van der Waals surface area contributed by atoms with E-state index in [1.54, 1.807) is 25.1 Å². The molecule has 6 nitrogen and oxygen atoms in total. The Morgan fingerprint density at radius 2 is 1.96 bits per heavy atom. The standard InChI is InChI=1S/C18H18ClN3O3/c1-3-25-18(24)20-22-11-21(14-7-4-12(2)5-8-14)16-10-13(19)6-9-15(16)17(22)23/h4-10H,3,11H2,1-2H3,(H,20,24). The zero-order valence-corrected chi connectivity index (χ0v) is 14.7. The van der Waals surface area contributed by atoms with Gasteiger partial charge in [0.2, 0.25) is 0 Å². The number of ether oxygens (including phenoxy) is 1. The summed E-state index contributed by atoms with van der Waals surface area (Å²) in [6, 6.07) is 12.9. The number of carbonyl (C=O) groups excluding carboxylic acids is 2. The van der Waals surface area contributed by atoms with Gasteiger partial charge >= 0.3 is 6.09 Å². The lowest BCUT2D eigenvalue weighted by atomic mass is 10.1. The van der Waals surface area contributed by atoms with Gasteiger partial charge in [0.25, 0.3) is 5.91 Å². The fraction of sp³-hybridized carbons (Fsp3) is 0.222. The van der Waals surface area contributed by atoms with Crippen molar-refractivity contribution in [3.63, 3.8) is 0 Å². The number of halogens is 1. The Morgan fingerprint density at radius 1 is 1.24 bits per heavy atom. The number of fused-ring (bicyclic) bond motifs is 1. The second-order valence-electron chi connectivity index (χ2n) is 5.63. The van der Waals surface area contributed by atoms with Crippen LogP contribution in [0.25, 0.3) is 0 Å². The van der Waals surface area contributed by atoms with Gasteiger partial charge in [-0.25, -0.2) is 15.2 Å². The van der Waals surface area contributed by atoms with Gasteiger partial charge in [0.15, 0.2) is 0 Å². The summed E-state index contributed by atoms with van der Waals surface area (Å²) in [5.74, 6) is -0.317. The van der Waals surface area contributed by atoms with Crippen LogP contribution >= 0.6 is 11.6 Å². The van der Waals surface area contributed by atoms with Crippen LogP contribution in [0.2, 0.25) is 5.02 Å². The number of nitrogens with one attached hydrogen (secondary N) is 1. The molecular formula is C18H18ClN3O3. The minimum Gasteiger partial charge on any atom is -0.449 e. The summed E-state index contributed by atoms with van der Waals surface area (Å²) in [4.78, 5) is 26.3. The molecule has 1 aliphatic heterocycles. The maximum Gasteiger partial charge on any atom is 0.426 e. The molecule has 2 amide bonds. The first-order valence-corrected chi connectivity index (χ1v) is 8.26. The van der Waals surface area contributed by atoms with Crippen molar-refractivity contribution in [3.05, 3.63) is 58.6 Å². The molecule has 1 aliphatic rings. The lowest BCUT2D eigenvalue weighted by Gasteiger charge is -2.37. The molecule has 2 aromatic rings. The molecule has 0 spiro atoms. The Bertz CT molecular complexity index is 808. The Kier molecular flexibility index (Phi) is 4.81. The van der Waals surface area contributed by atoms with Gasteiger partial charge in [-0.2, -0.15) is 0 Å². The predicted molar refractivity (Wildman–Crippen MR) is 96.0 cm³/mol. The summed E-state index contributed by atoms with van der Waals surface area (Å²) >= 11 is 6.12. The lowest BCUT2D eigenvalue weighted by molar-refractivity contribution is 0.0603. The van der Waals surface area contributed by atoms with E-state index in [2.05, 4.69) is 5.43 Å². The van der Waals surface area contributed by atoms with Gasteiger partial charge in [-0.05, 0) is 44.2 Å². The molecular weight excluding hydrogens is 342 g/mol. The Morgan fingerprint density at radius 3 is 2.64 bits per heavy atom. The summed E-state index contributed by atoms with van der Waals surface area (Å²) in [5.41, 5.74) is 5.65. The molecule has 0 aliphatic carbocycles. The van der Waals surface area contributed by atoms with Crippen LogP contribution in [0.4, 0.5) is 16.2 Å². The van der Waals surface area contributed by atoms with Crippen LogP contribution in [0.15, 0.2) is 42.5 Å². The molecule has 0 radical (unpaired) electrons. The van der Waals surface area contributed by atoms with E-state index >= 15 is 0 Å². The zero-order chi connectivity index (χ0) is 18.0. The number of hydrogen-bond donors (Lipinski definition) is 1. The van der Waals surface area contributed by atoms with E-state index in [0.29, 0.717) is 16.3 Å². The zero-order valence-electron chi connectivity index (χ0n) is 14.0. The fourth-order valence-corrected chi connectivity index (χ4v) is 2.81. The van der Waals surface area contributed by atoms with Crippen LogP contribution in [0.3, 0.4) is 0 Å². The van der Waals surface area contributed by atoms with Crippen molar-refractivity contribution < 1.29 is 14.3 Å². The second kappa shape index (κ2) is 7.03. The van der Waals surface area contributed by atoms with Crippen molar-refractivity contribution in [3.8, 4) is 0 Å². The molecule has 0 bridgehead atoms. The third kappa shape index (κ3) is 3.53. The summed E-state index contributed by atoms with van der Waals surface area (Å²) in [7, 11) is 0. The first-order chi connectivity index (χ1) is 12.0. The SMILES string of the molecule is CCOC(=O)NN1CN(c2ccc(C)cc2)c2cc(Cl)ccc2C1=O. The smallest absolute Gasteiger partial charge is 0.426 e. The lowest BCUT2D eigenvalue weighted by Crippen LogP contribution is -2.53. The Hall–Kier alpha value is -2.73. The van der Waals surface area contributed by atoms with Crippen LogP contribution in [0.5, 0.6) is 0 Å². The number of amides is 2. The van der Waals surface area contributed by atoms with Crippen molar-refractivity contribution in [2.75, 3.05) is 18.2 Å². The van der Waals surface area contributed by atoms with Crippen molar-refractivity contribution in [2.24, 2.45) is 0 Å². The van der Waals surface area contributed by atoms with E-state index in [1.807, 2.05) is 36.1 Å².